The highest BCUT2D eigenvalue weighted by molar-refractivity contribution is 5.85. The number of aromatic carboxylic acids is 1. The van der Waals surface area contributed by atoms with E-state index in [2.05, 4.69) is 5.10 Å². The Morgan fingerprint density at radius 2 is 2.33 bits per heavy atom. The van der Waals surface area contributed by atoms with Gasteiger partial charge in [0.05, 0.1) is 0 Å². The Kier molecular flexibility index (Phi) is 2.28. The number of carboxylic acids is 1. The van der Waals surface area contributed by atoms with Crippen LogP contribution in [0.3, 0.4) is 0 Å². The fourth-order valence-corrected chi connectivity index (χ4v) is 0.789. The molecule has 4 heteroatoms. The van der Waals surface area contributed by atoms with Crippen molar-refractivity contribution in [1.29, 1.82) is 0 Å². The molecule has 0 atom stereocenters. The predicted octanol–water partition coefficient (Wildman–Crippen LogP) is 1.46. The number of carbonyl (C=O) groups is 1. The molecule has 4 nitrogen and oxygen atoms in total. The van der Waals surface area contributed by atoms with Gasteiger partial charge in [0.1, 0.15) is 0 Å². The Labute approximate surface area is 70.1 Å². The Morgan fingerprint density at radius 1 is 1.67 bits per heavy atom. The van der Waals surface area contributed by atoms with Gasteiger partial charge in [0.25, 0.3) is 0 Å². The zero-order valence-corrected chi connectivity index (χ0v) is 6.98. The van der Waals surface area contributed by atoms with Gasteiger partial charge in [-0.25, -0.2) is 9.48 Å². The standard InChI is InChI=1S/C8H10N2O2/c1-6(2)5-10-4-3-7(9-10)8(11)12/h3-5H,1-2H3,(H,11,12). The third-order valence-electron chi connectivity index (χ3n) is 1.22. The molecule has 0 amide bonds. The van der Waals surface area contributed by atoms with E-state index in [1.807, 2.05) is 13.8 Å². The van der Waals surface area contributed by atoms with Gasteiger partial charge in [0.2, 0.25) is 0 Å². The van der Waals surface area contributed by atoms with Crippen molar-refractivity contribution >= 4 is 12.2 Å². The summed E-state index contributed by atoms with van der Waals surface area (Å²) in [7, 11) is 0. The first kappa shape index (κ1) is 8.52. The van der Waals surface area contributed by atoms with E-state index in [4.69, 9.17) is 5.11 Å². The molecular weight excluding hydrogens is 156 g/mol. The monoisotopic (exact) mass is 166 g/mol. The highest BCUT2D eigenvalue weighted by Gasteiger charge is 2.04. The molecule has 0 fully saturated rings. The average molecular weight is 166 g/mol. The van der Waals surface area contributed by atoms with Crippen LogP contribution in [0.2, 0.25) is 0 Å². The van der Waals surface area contributed by atoms with E-state index >= 15 is 0 Å². The highest BCUT2D eigenvalue weighted by Crippen LogP contribution is 1.98. The molecule has 1 aromatic heterocycles. The first-order valence-corrected chi connectivity index (χ1v) is 3.53. The molecule has 12 heavy (non-hydrogen) atoms. The molecule has 1 heterocycles. The van der Waals surface area contributed by atoms with Crippen molar-refractivity contribution in [3.05, 3.63) is 23.5 Å². The number of rotatable bonds is 2. The van der Waals surface area contributed by atoms with Gasteiger partial charge < -0.3 is 5.11 Å². The summed E-state index contributed by atoms with van der Waals surface area (Å²) in [4.78, 5) is 10.4. The fourth-order valence-electron chi connectivity index (χ4n) is 0.789. The molecule has 0 aliphatic rings. The maximum absolute atomic E-state index is 10.4. The zero-order chi connectivity index (χ0) is 9.14. The second kappa shape index (κ2) is 3.21. The molecule has 0 bridgehead atoms. The summed E-state index contributed by atoms with van der Waals surface area (Å²) < 4.78 is 1.48. The summed E-state index contributed by atoms with van der Waals surface area (Å²) in [5.74, 6) is -1.00. The number of carboxylic acid groups (broad SMARTS) is 1. The summed E-state index contributed by atoms with van der Waals surface area (Å²) in [6, 6.07) is 1.46. The van der Waals surface area contributed by atoms with Crippen LogP contribution in [-0.2, 0) is 0 Å². The van der Waals surface area contributed by atoms with Crippen LogP contribution < -0.4 is 0 Å². The minimum Gasteiger partial charge on any atom is -0.476 e. The molecule has 1 aromatic rings. The quantitative estimate of drug-likeness (QED) is 0.723. The van der Waals surface area contributed by atoms with Gasteiger partial charge in [0, 0.05) is 12.4 Å². The van der Waals surface area contributed by atoms with Crippen LogP contribution >= 0.6 is 0 Å². The van der Waals surface area contributed by atoms with E-state index < -0.39 is 5.97 Å². The lowest BCUT2D eigenvalue weighted by Gasteiger charge is -1.91. The van der Waals surface area contributed by atoms with Gasteiger partial charge in [-0.1, -0.05) is 5.57 Å². The van der Waals surface area contributed by atoms with Crippen molar-refractivity contribution in [2.24, 2.45) is 0 Å². The zero-order valence-electron chi connectivity index (χ0n) is 6.98. The van der Waals surface area contributed by atoms with E-state index in [0.29, 0.717) is 0 Å². The van der Waals surface area contributed by atoms with Gasteiger partial charge in [-0.2, -0.15) is 5.10 Å². The van der Waals surface area contributed by atoms with E-state index in [-0.39, 0.29) is 5.69 Å². The SMILES string of the molecule is CC(C)=Cn1ccc(C(=O)O)n1. The number of allylic oxidation sites excluding steroid dienone is 1. The summed E-state index contributed by atoms with van der Waals surface area (Å²) >= 11 is 0. The third kappa shape index (κ3) is 1.95. The summed E-state index contributed by atoms with van der Waals surface area (Å²) in [6.07, 6.45) is 3.36. The number of nitrogens with zero attached hydrogens (tertiary/aromatic N) is 2. The lowest BCUT2D eigenvalue weighted by atomic mass is 10.4. The van der Waals surface area contributed by atoms with Gasteiger partial charge in [-0.15, -0.1) is 0 Å². The molecule has 0 spiro atoms. The van der Waals surface area contributed by atoms with E-state index in [9.17, 15) is 4.79 Å². The Balaban J connectivity index is 2.92. The number of hydrogen-bond donors (Lipinski definition) is 1. The summed E-state index contributed by atoms with van der Waals surface area (Å²) in [6.45, 7) is 3.84. The molecule has 0 unspecified atom stereocenters. The number of hydrogen-bond acceptors (Lipinski definition) is 2. The maximum atomic E-state index is 10.4. The van der Waals surface area contributed by atoms with Crippen molar-refractivity contribution < 1.29 is 9.90 Å². The van der Waals surface area contributed by atoms with Crippen LogP contribution in [0.15, 0.2) is 17.8 Å². The summed E-state index contributed by atoms with van der Waals surface area (Å²) in [5.41, 5.74) is 1.13. The maximum Gasteiger partial charge on any atom is 0.356 e. The van der Waals surface area contributed by atoms with Gasteiger partial charge in [-0.3, -0.25) is 0 Å². The molecule has 0 aliphatic heterocycles. The second-order valence-electron chi connectivity index (χ2n) is 2.69. The second-order valence-corrected chi connectivity index (χ2v) is 2.69. The van der Waals surface area contributed by atoms with Crippen LogP contribution in [0.4, 0.5) is 0 Å². The molecule has 0 saturated heterocycles. The van der Waals surface area contributed by atoms with Crippen molar-refractivity contribution in [2.45, 2.75) is 13.8 Å². The van der Waals surface area contributed by atoms with E-state index in [0.717, 1.165) is 5.57 Å². The van der Waals surface area contributed by atoms with Gasteiger partial charge in [0.15, 0.2) is 5.69 Å². The third-order valence-corrected chi connectivity index (χ3v) is 1.22. The minimum atomic E-state index is -1.00. The predicted molar refractivity (Wildman–Crippen MR) is 44.8 cm³/mol. The lowest BCUT2D eigenvalue weighted by molar-refractivity contribution is 0.0690. The molecule has 0 aromatic carbocycles. The Bertz CT molecular complexity index is 322. The molecule has 64 valence electrons. The van der Waals surface area contributed by atoms with Crippen molar-refractivity contribution in [1.82, 2.24) is 9.78 Å². The normalized spacial score (nSPS) is 9.50. The van der Waals surface area contributed by atoms with E-state index in [1.165, 1.54) is 10.7 Å². The smallest absolute Gasteiger partial charge is 0.356 e. The molecule has 1 N–H and O–H groups in total. The van der Waals surface area contributed by atoms with Crippen molar-refractivity contribution in [2.75, 3.05) is 0 Å². The van der Waals surface area contributed by atoms with Crippen LogP contribution in [-0.4, -0.2) is 20.9 Å². The van der Waals surface area contributed by atoms with Crippen molar-refractivity contribution in [3.63, 3.8) is 0 Å². The average Bonchev–Trinajstić information content (AvgIpc) is 2.34. The van der Waals surface area contributed by atoms with Crippen LogP contribution in [0.5, 0.6) is 0 Å². The van der Waals surface area contributed by atoms with Gasteiger partial charge >= 0.3 is 5.97 Å². The molecule has 1 rings (SSSR count). The highest BCUT2D eigenvalue weighted by atomic mass is 16.4. The van der Waals surface area contributed by atoms with Crippen LogP contribution in [0.25, 0.3) is 6.20 Å². The van der Waals surface area contributed by atoms with Crippen LogP contribution in [0.1, 0.15) is 24.3 Å². The largest absolute Gasteiger partial charge is 0.476 e. The minimum absolute atomic E-state index is 0.0625. The molecule has 0 saturated carbocycles. The van der Waals surface area contributed by atoms with Crippen molar-refractivity contribution in [3.8, 4) is 0 Å². The lowest BCUT2D eigenvalue weighted by Crippen LogP contribution is -1.98. The molecular formula is C8H10N2O2. The summed E-state index contributed by atoms with van der Waals surface area (Å²) in [5, 5.41) is 12.3. The Hall–Kier alpha value is -1.58. The van der Waals surface area contributed by atoms with Crippen LogP contribution in [0, 0.1) is 0 Å². The first-order valence-electron chi connectivity index (χ1n) is 3.53. The fraction of sp³-hybridized carbons (Fsp3) is 0.250. The first-order chi connectivity index (χ1) is 5.59. The van der Waals surface area contributed by atoms with Gasteiger partial charge in [-0.05, 0) is 19.9 Å². The van der Waals surface area contributed by atoms with E-state index in [1.54, 1.807) is 12.4 Å². The topological polar surface area (TPSA) is 55.1 Å². The Morgan fingerprint density at radius 3 is 2.75 bits per heavy atom. The molecule has 0 aliphatic carbocycles. The number of aromatic nitrogens is 2. The molecule has 0 radical (unpaired) electrons.